The Morgan fingerprint density at radius 3 is 2.69 bits per heavy atom. The molecule has 0 saturated heterocycles. The summed E-state index contributed by atoms with van der Waals surface area (Å²) in [5, 5.41) is 8.92. The lowest BCUT2D eigenvalue weighted by molar-refractivity contribution is -0.134. The van der Waals surface area contributed by atoms with Crippen molar-refractivity contribution < 1.29 is 22.7 Å². The van der Waals surface area contributed by atoms with Crippen LogP contribution in [0.3, 0.4) is 0 Å². The van der Waals surface area contributed by atoms with Gasteiger partial charge < -0.3 is 9.52 Å². The number of hydrogen-bond acceptors (Lipinski definition) is 4. The molecule has 0 atom stereocenters. The molecule has 0 amide bonds. The molecule has 2 aromatic rings. The number of sulfone groups is 1. The fourth-order valence-corrected chi connectivity index (χ4v) is 2.61. The molecule has 0 bridgehead atoms. The Balaban J connectivity index is 2.60. The second kappa shape index (κ2) is 3.64. The molecule has 0 spiro atoms. The topological polar surface area (TPSA) is 84.6 Å². The Morgan fingerprint density at radius 1 is 1.31 bits per heavy atom. The molecule has 5 nitrogen and oxygen atoms in total. The lowest BCUT2D eigenvalue weighted by Gasteiger charge is -1.97. The van der Waals surface area contributed by atoms with E-state index < -0.39 is 21.6 Å². The van der Waals surface area contributed by atoms with E-state index in [1.165, 1.54) is 0 Å². The van der Waals surface area contributed by atoms with E-state index in [2.05, 4.69) is 0 Å². The molecule has 0 fully saturated rings. The molecular formula is C10H8O5S. The maximum atomic E-state index is 11.7. The van der Waals surface area contributed by atoms with Crippen molar-refractivity contribution in [1.82, 2.24) is 0 Å². The number of carbonyl (C=O) groups is 1. The molecule has 1 aromatic carbocycles. The number of hydrogen-bond donors (Lipinski definition) is 1. The maximum absolute atomic E-state index is 11.7. The predicted molar refractivity (Wildman–Crippen MR) is 55.9 cm³/mol. The zero-order valence-electron chi connectivity index (χ0n) is 8.08. The number of aliphatic carboxylic acids is 1. The van der Waals surface area contributed by atoms with Crippen molar-refractivity contribution in [3.05, 3.63) is 30.5 Å². The van der Waals surface area contributed by atoms with Gasteiger partial charge in [-0.3, -0.25) is 4.79 Å². The van der Waals surface area contributed by atoms with Gasteiger partial charge >= 0.3 is 5.97 Å². The minimum Gasteiger partial charge on any atom is -0.480 e. The monoisotopic (exact) mass is 240 g/mol. The van der Waals surface area contributed by atoms with Gasteiger partial charge in [0, 0.05) is 5.39 Å². The van der Waals surface area contributed by atoms with Crippen LogP contribution in [0.1, 0.15) is 0 Å². The number of furan rings is 1. The normalized spacial score (nSPS) is 11.8. The zero-order chi connectivity index (χ0) is 11.8. The van der Waals surface area contributed by atoms with Crippen LogP contribution in [-0.2, 0) is 14.6 Å². The Kier molecular flexibility index (Phi) is 2.43. The summed E-state index contributed by atoms with van der Waals surface area (Å²) in [7, 11) is -3.84. The highest BCUT2D eigenvalue weighted by Crippen LogP contribution is 2.25. The smallest absolute Gasteiger partial charge is 0.319 e. The molecule has 2 rings (SSSR count). The molecule has 16 heavy (non-hydrogen) atoms. The molecule has 0 unspecified atom stereocenters. The first-order valence-electron chi connectivity index (χ1n) is 4.41. The molecule has 0 aliphatic carbocycles. The van der Waals surface area contributed by atoms with Crippen LogP contribution in [0.2, 0.25) is 0 Å². The SMILES string of the molecule is O=C(O)CS(=O)(=O)c1coc2ccccc12. The summed E-state index contributed by atoms with van der Waals surface area (Å²) in [6.07, 6.45) is 1.07. The van der Waals surface area contributed by atoms with E-state index in [-0.39, 0.29) is 4.90 Å². The van der Waals surface area contributed by atoms with Crippen molar-refractivity contribution in [2.24, 2.45) is 0 Å². The largest absolute Gasteiger partial charge is 0.480 e. The zero-order valence-corrected chi connectivity index (χ0v) is 8.90. The van der Waals surface area contributed by atoms with Gasteiger partial charge in [0.05, 0.1) is 0 Å². The number of para-hydroxylation sites is 1. The fourth-order valence-electron chi connectivity index (χ4n) is 1.43. The van der Waals surface area contributed by atoms with Gasteiger partial charge in [0.1, 0.15) is 16.7 Å². The standard InChI is InChI=1S/C10H8O5S/c11-10(12)6-16(13,14)9-5-15-8-4-2-1-3-7(8)9/h1-5H,6H2,(H,11,12). The van der Waals surface area contributed by atoms with Gasteiger partial charge in [-0.25, -0.2) is 8.42 Å². The molecule has 0 aliphatic heterocycles. The average molecular weight is 240 g/mol. The predicted octanol–water partition coefficient (Wildman–Crippen LogP) is 1.29. The van der Waals surface area contributed by atoms with Crippen molar-refractivity contribution in [1.29, 1.82) is 0 Å². The first-order valence-corrected chi connectivity index (χ1v) is 6.07. The van der Waals surface area contributed by atoms with E-state index in [1.54, 1.807) is 24.3 Å². The molecule has 1 heterocycles. The first-order chi connectivity index (χ1) is 7.50. The van der Waals surface area contributed by atoms with Gasteiger partial charge in [-0.15, -0.1) is 0 Å². The van der Waals surface area contributed by atoms with Crippen LogP contribution in [0.25, 0.3) is 11.0 Å². The van der Waals surface area contributed by atoms with E-state index >= 15 is 0 Å². The van der Waals surface area contributed by atoms with E-state index in [4.69, 9.17) is 9.52 Å². The quantitative estimate of drug-likeness (QED) is 0.873. The van der Waals surface area contributed by atoms with Crippen LogP contribution in [-0.4, -0.2) is 25.2 Å². The molecule has 6 heteroatoms. The maximum Gasteiger partial charge on any atom is 0.319 e. The van der Waals surface area contributed by atoms with Crippen LogP contribution in [0.15, 0.2) is 39.8 Å². The highest BCUT2D eigenvalue weighted by Gasteiger charge is 2.23. The summed E-state index contributed by atoms with van der Waals surface area (Å²) in [5.41, 5.74) is 0.423. The highest BCUT2D eigenvalue weighted by molar-refractivity contribution is 7.92. The molecule has 1 aromatic heterocycles. The Bertz CT molecular complexity index is 638. The van der Waals surface area contributed by atoms with Crippen molar-refractivity contribution in [3.8, 4) is 0 Å². The minimum atomic E-state index is -3.84. The number of carboxylic acids is 1. The van der Waals surface area contributed by atoms with E-state index in [9.17, 15) is 13.2 Å². The lowest BCUT2D eigenvalue weighted by atomic mass is 10.3. The van der Waals surface area contributed by atoms with Crippen molar-refractivity contribution in [3.63, 3.8) is 0 Å². The average Bonchev–Trinajstić information content (AvgIpc) is 2.59. The first kappa shape index (κ1) is 10.7. The van der Waals surface area contributed by atoms with Crippen LogP contribution in [0.4, 0.5) is 0 Å². The van der Waals surface area contributed by atoms with Gasteiger partial charge in [0.25, 0.3) is 0 Å². The van der Waals surface area contributed by atoms with Crippen LogP contribution in [0, 0.1) is 0 Å². The van der Waals surface area contributed by atoms with Gasteiger partial charge in [0.2, 0.25) is 0 Å². The number of fused-ring (bicyclic) bond motifs is 1. The van der Waals surface area contributed by atoms with E-state index in [0.29, 0.717) is 11.0 Å². The van der Waals surface area contributed by atoms with Gasteiger partial charge in [-0.05, 0) is 12.1 Å². The molecule has 1 N–H and O–H groups in total. The van der Waals surface area contributed by atoms with E-state index in [0.717, 1.165) is 6.26 Å². The summed E-state index contributed by atoms with van der Waals surface area (Å²) in [5.74, 6) is -2.32. The van der Waals surface area contributed by atoms with E-state index in [1.807, 2.05) is 0 Å². The minimum absolute atomic E-state index is 0.0782. The van der Waals surface area contributed by atoms with Gasteiger partial charge in [0.15, 0.2) is 15.6 Å². The Hall–Kier alpha value is -1.82. The third-order valence-electron chi connectivity index (χ3n) is 2.09. The number of carboxylic acid groups (broad SMARTS) is 1. The van der Waals surface area contributed by atoms with Crippen molar-refractivity contribution in [2.45, 2.75) is 4.90 Å². The van der Waals surface area contributed by atoms with Gasteiger partial charge in [-0.2, -0.15) is 0 Å². The second-order valence-electron chi connectivity index (χ2n) is 3.25. The van der Waals surface area contributed by atoms with Crippen LogP contribution in [0.5, 0.6) is 0 Å². The molecule has 0 radical (unpaired) electrons. The third kappa shape index (κ3) is 1.79. The number of rotatable bonds is 3. The fraction of sp³-hybridized carbons (Fsp3) is 0.100. The summed E-state index contributed by atoms with van der Waals surface area (Å²) < 4.78 is 28.4. The Labute approximate surface area is 91.2 Å². The number of benzene rings is 1. The molecular weight excluding hydrogens is 232 g/mol. The van der Waals surface area contributed by atoms with Crippen molar-refractivity contribution in [2.75, 3.05) is 5.75 Å². The summed E-state index contributed by atoms with van der Waals surface area (Å²) in [4.78, 5) is 10.4. The van der Waals surface area contributed by atoms with Crippen molar-refractivity contribution >= 4 is 26.8 Å². The van der Waals surface area contributed by atoms with Crippen LogP contribution < -0.4 is 0 Å². The summed E-state index contributed by atoms with van der Waals surface area (Å²) >= 11 is 0. The molecule has 0 aliphatic rings. The lowest BCUT2D eigenvalue weighted by Crippen LogP contribution is -2.14. The highest BCUT2D eigenvalue weighted by atomic mass is 32.2. The molecule has 84 valence electrons. The summed E-state index contributed by atoms with van der Waals surface area (Å²) in [6, 6.07) is 6.57. The third-order valence-corrected chi connectivity index (χ3v) is 3.71. The molecule has 0 saturated carbocycles. The summed E-state index contributed by atoms with van der Waals surface area (Å²) in [6.45, 7) is 0. The second-order valence-corrected chi connectivity index (χ2v) is 5.21. The Morgan fingerprint density at radius 2 is 2.00 bits per heavy atom. The van der Waals surface area contributed by atoms with Gasteiger partial charge in [-0.1, -0.05) is 12.1 Å². The van der Waals surface area contributed by atoms with Crippen LogP contribution >= 0.6 is 0 Å².